The van der Waals surface area contributed by atoms with E-state index in [0.717, 1.165) is 6.42 Å². The maximum Gasteiger partial charge on any atom is 0.169 e. The molecule has 0 unspecified atom stereocenters. The second kappa shape index (κ2) is 3.29. The van der Waals surface area contributed by atoms with Gasteiger partial charge in [0.15, 0.2) is 5.78 Å². The van der Waals surface area contributed by atoms with Gasteiger partial charge in [-0.25, -0.2) is 0 Å². The molecule has 0 aromatic heterocycles. The summed E-state index contributed by atoms with van der Waals surface area (Å²) in [5, 5.41) is -1.24. The van der Waals surface area contributed by atoms with E-state index in [1.54, 1.807) is 0 Å². The van der Waals surface area contributed by atoms with Crippen molar-refractivity contribution in [2.75, 3.05) is 0 Å². The Hall–Kier alpha value is 0.540. The summed E-state index contributed by atoms with van der Waals surface area (Å²) in [6.07, 6.45) is 1.38. The standard InChI is InChI=1S/C6H7Cl3O/c7-3-1-2-4(8)6(10)5(3)9/h3-5H,1-2H2/t3-,4-,5-/m0/s1. The molecule has 4 heteroatoms. The summed E-state index contributed by atoms with van der Waals surface area (Å²) in [4.78, 5) is 11.0. The van der Waals surface area contributed by atoms with Crippen LogP contribution in [0.2, 0.25) is 0 Å². The molecule has 0 aromatic carbocycles. The first-order valence-electron chi connectivity index (χ1n) is 3.09. The van der Waals surface area contributed by atoms with E-state index in [1.165, 1.54) is 0 Å². The molecule has 1 saturated carbocycles. The van der Waals surface area contributed by atoms with Crippen molar-refractivity contribution in [3.05, 3.63) is 0 Å². The van der Waals surface area contributed by atoms with Crippen molar-refractivity contribution >= 4 is 40.6 Å². The van der Waals surface area contributed by atoms with Gasteiger partial charge in [0.1, 0.15) is 5.38 Å². The summed E-state index contributed by atoms with van der Waals surface area (Å²) < 4.78 is 0. The highest BCUT2D eigenvalue weighted by molar-refractivity contribution is 6.44. The fraction of sp³-hybridized carbons (Fsp3) is 0.833. The van der Waals surface area contributed by atoms with E-state index in [0.29, 0.717) is 6.42 Å². The first-order valence-corrected chi connectivity index (χ1v) is 4.40. The van der Waals surface area contributed by atoms with Gasteiger partial charge in [-0.3, -0.25) is 4.79 Å². The molecule has 0 spiro atoms. The zero-order valence-corrected chi connectivity index (χ0v) is 7.46. The van der Waals surface area contributed by atoms with Crippen molar-refractivity contribution in [2.24, 2.45) is 0 Å². The Kier molecular flexibility index (Phi) is 2.84. The molecule has 0 saturated heterocycles. The van der Waals surface area contributed by atoms with E-state index in [4.69, 9.17) is 34.8 Å². The summed E-state index contributed by atoms with van der Waals surface area (Å²) in [5.74, 6) is -0.130. The second-order valence-electron chi connectivity index (χ2n) is 2.37. The SMILES string of the molecule is O=C1[C@@H](Cl)[C@@H](Cl)CC[C@@H]1Cl. The summed E-state index contributed by atoms with van der Waals surface area (Å²) in [6.45, 7) is 0. The molecule has 1 fully saturated rings. The van der Waals surface area contributed by atoms with Crippen molar-refractivity contribution < 1.29 is 4.79 Å². The lowest BCUT2D eigenvalue weighted by molar-refractivity contribution is -0.119. The van der Waals surface area contributed by atoms with E-state index < -0.39 is 10.8 Å². The van der Waals surface area contributed by atoms with Gasteiger partial charge in [0.05, 0.1) is 10.8 Å². The van der Waals surface area contributed by atoms with Gasteiger partial charge in [-0.15, -0.1) is 34.8 Å². The number of hydrogen-bond donors (Lipinski definition) is 0. The summed E-state index contributed by atoms with van der Waals surface area (Å²) >= 11 is 17.0. The molecule has 0 amide bonds. The number of ketones is 1. The van der Waals surface area contributed by atoms with Gasteiger partial charge in [0.2, 0.25) is 0 Å². The van der Waals surface area contributed by atoms with Crippen LogP contribution in [0, 0.1) is 0 Å². The van der Waals surface area contributed by atoms with Crippen LogP contribution in [0.25, 0.3) is 0 Å². The first-order chi connectivity index (χ1) is 4.63. The molecular weight excluding hydrogens is 194 g/mol. The number of Topliss-reactive ketones (excluding diaryl/α,β-unsaturated/α-hetero) is 1. The normalized spacial score (nSPS) is 41.9. The Balaban J connectivity index is 2.60. The third-order valence-corrected chi connectivity index (χ3v) is 3.15. The van der Waals surface area contributed by atoms with Crippen molar-refractivity contribution in [1.82, 2.24) is 0 Å². The number of alkyl halides is 3. The Morgan fingerprint density at radius 1 is 1.20 bits per heavy atom. The fourth-order valence-electron chi connectivity index (χ4n) is 0.945. The lowest BCUT2D eigenvalue weighted by atomic mass is 9.98. The van der Waals surface area contributed by atoms with Gasteiger partial charge in [0, 0.05) is 0 Å². The van der Waals surface area contributed by atoms with E-state index in [9.17, 15) is 4.79 Å². The van der Waals surface area contributed by atoms with Gasteiger partial charge in [0.25, 0.3) is 0 Å². The molecular formula is C6H7Cl3O. The van der Waals surface area contributed by atoms with Crippen LogP contribution in [-0.2, 0) is 4.79 Å². The molecule has 1 aliphatic rings. The van der Waals surface area contributed by atoms with Crippen LogP contribution in [0.1, 0.15) is 12.8 Å². The van der Waals surface area contributed by atoms with Gasteiger partial charge in [-0.2, -0.15) is 0 Å². The Bertz CT molecular complexity index is 148. The number of rotatable bonds is 0. The molecule has 1 aliphatic carbocycles. The number of hydrogen-bond acceptors (Lipinski definition) is 1. The third kappa shape index (κ3) is 1.58. The zero-order valence-electron chi connectivity index (χ0n) is 5.19. The number of carbonyl (C=O) groups is 1. The molecule has 1 nitrogen and oxygen atoms in total. The van der Waals surface area contributed by atoms with Crippen LogP contribution in [0.4, 0.5) is 0 Å². The molecule has 0 N–H and O–H groups in total. The predicted molar refractivity (Wildman–Crippen MR) is 43.2 cm³/mol. The van der Waals surface area contributed by atoms with Crippen molar-refractivity contribution in [2.45, 2.75) is 29.0 Å². The van der Waals surface area contributed by atoms with E-state index in [1.807, 2.05) is 0 Å². The van der Waals surface area contributed by atoms with Crippen LogP contribution in [-0.4, -0.2) is 21.9 Å². The molecule has 0 radical (unpaired) electrons. The average Bonchev–Trinajstić information content (AvgIpc) is 1.93. The number of halogens is 3. The van der Waals surface area contributed by atoms with Crippen LogP contribution < -0.4 is 0 Å². The third-order valence-electron chi connectivity index (χ3n) is 1.59. The topological polar surface area (TPSA) is 17.1 Å². The van der Waals surface area contributed by atoms with Crippen molar-refractivity contribution in [1.29, 1.82) is 0 Å². The van der Waals surface area contributed by atoms with Crippen LogP contribution in [0.5, 0.6) is 0 Å². The van der Waals surface area contributed by atoms with Gasteiger partial charge in [-0.05, 0) is 12.8 Å². The minimum atomic E-state index is -0.585. The zero-order chi connectivity index (χ0) is 7.72. The van der Waals surface area contributed by atoms with E-state index in [-0.39, 0.29) is 11.2 Å². The smallest absolute Gasteiger partial charge is 0.169 e. The highest BCUT2D eigenvalue weighted by Gasteiger charge is 2.34. The monoisotopic (exact) mass is 200 g/mol. The van der Waals surface area contributed by atoms with Crippen molar-refractivity contribution in [3.63, 3.8) is 0 Å². The molecule has 58 valence electrons. The molecule has 3 atom stereocenters. The molecule has 1 rings (SSSR count). The first kappa shape index (κ1) is 8.63. The quantitative estimate of drug-likeness (QED) is 0.549. The lowest BCUT2D eigenvalue weighted by Crippen LogP contribution is -2.37. The van der Waals surface area contributed by atoms with Gasteiger partial charge < -0.3 is 0 Å². The maximum absolute atomic E-state index is 11.0. The fourth-order valence-corrected chi connectivity index (χ4v) is 1.80. The van der Waals surface area contributed by atoms with Crippen LogP contribution in [0.3, 0.4) is 0 Å². The van der Waals surface area contributed by atoms with Crippen LogP contribution >= 0.6 is 34.8 Å². The van der Waals surface area contributed by atoms with Gasteiger partial charge >= 0.3 is 0 Å². The highest BCUT2D eigenvalue weighted by atomic mass is 35.5. The Labute approximate surface area is 74.6 Å². The second-order valence-corrected chi connectivity index (χ2v) is 3.92. The number of carbonyl (C=O) groups excluding carboxylic acids is 1. The van der Waals surface area contributed by atoms with Crippen molar-refractivity contribution in [3.8, 4) is 0 Å². The Morgan fingerprint density at radius 3 is 2.30 bits per heavy atom. The minimum absolute atomic E-state index is 0.130. The Morgan fingerprint density at radius 2 is 1.80 bits per heavy atom. The average molecular weight is 201 g/mol. The molecule has 0 bridgehead atoms. The van der Waals surface area contributed by atoms with Gasteiger partial charge in [-0.1, -0.05) is 0 Å². The summed E-state index contributed by atoms with van der Waals surface area (Å²) in [6, 6.07) is 0. The molecule has 0 heterocycles. The lowest BCUT2D eigenvalue weighted by Gasteiger charge is -2.23. The van der Waals surface area contributed by atoms with E-state index >= 15 is 0 Å². The highest BCUT2D eigenvalue weighted by Crippen LogP contribution is 2.27. The summed E-state index contributed by atoms with van der Waals surface area (Å²) in [7, 11) is 0. The largest absolute Gasteiger partial charge is 0.296 e. The molecule has 0 aromatic rings. The minimum Gasteiger partial charge on any atom is -0.296 e. The maximum atomic E-state index is 11.0. The summed E-state index contributed by atoms with van der Waals surface area (Å²) in [5.41, 5.74) is 0. The molecule has 10 heavy (non-hydrogen) atoms. The van der Waals surface area contributed by atoms with E-state index in [2.05, 4.69) is 0 Å². The predicted octanol–water partition coefficient (Wildman–Crippen LogP) is 2.17. The molecule has 0 aliphatic heterocycles. The van der Waals surface area contributed by atoms with Crippen LogP contribution in [0.15, 0.2) is 0 Å².